The largest absolute Gasteiger partial charge is 0.438 e. The first-order valence-electron chi connectivity index (χ1n) is 16.1. The fourth-order valence-electron chi connectivity index (χ4n) is 7.83. The van der Waals surface area contributed by atoms with Crippen molar-refractivity contribution >= 4 is 43.9 Å². The van der Waals surface area contributed by atoms with E-state index in [-0.39, 0.29) is 5.41 Å². The molecule has 0 unspecified atom stereocenters. The van der Waals surface area contributed by atoms with Crippen molar-refractivity contribution in [3.63, 3.8) is 0 Å². The maximum atomic E-state index is 6.39. The van der Waals surface area contributed by atoms with E-state index in [2.05, 4.69) is 134 Å². The molecule has 3 heterocycles. The average molecular weight is 604 g/mol. The Morgan fingerprint density at radius 2 is 1.26 bits per heavy atom. The maximum absolute atomic E-state index is 6.39. The van der Waals surface area contributed by atoms with Crippen LogP contribution in [0.4, 0.5) is 0 Å². The summed E-state index contributed by atoms with van der Waals surface area (Å²) in [4.78, 5) is 10.4. The van der Waals surface area contributed by atoms with E-state index < -0.39 is 0 Å². The van der Waals surface area contributed by atoms with Gasteiger partial charge in [-0.1, -0.05) is 117 Å². The molecular weight excluding hydrogens is 574 g/mol. The van der Waals surface area contributed by atoms with E-state index in [1.165, 1.54) is 33.0 Å². The Labute approximate surface area is 271 Å². The highest BCUT2D eigenvalue weighted by Crippen LogP contribution is 2.51. The lowest BCUT2D eigenvalue weighted by Crippen LogP contribution is -2.14. The van der Waals surface area contributed by atoms with Crippen molar-refractivity contribution in [1.82, 2.24) is 14.5 Å². The topological polar surface area (TPSA) is 43.9 Å². The molecule has 1 aliphatic carbocycles. The highest BCUT2D eigenvalue weighted by molar-refractivity contribution is 6.13. The highest BCUT2D eigenvalue weighted by atomic mass is 16.3. The molecule has 10 rings (SSSR count). The van der Waals surface area contributed by atoms with Crippen LogP contribution in [0.5, 0.6) is 0 Å². The van der Waals surface area contributed by atoms with Crippen molar-refractivity contribution in [2.24, 2.45) is 0 Å². The van der Waals surface area contributed by atoms with Gasteiger partial charge in [-0.25, -0.2) is 4.98 Å². The third-order valence-electron chi connectivity index (χ3n) is 10.0. The summed E-state index contributed by atoms with van der Waals surface area (Å²) in [5.41, 5.74) is 12.8. The van der Waals surface area contributed by atoms with Gasteiger partial charge in [0.1, 0.15) is 5.58 Å². The molecule has 0 bridgehead atoms. The SMILES string of the molecule is CC1(C)c2ccccc2-c2cc3c(cc21)c1ccccc1n3-c1ccccc1-c1nc(-c2ccccc2)c2c(n1)oc1ccccc12. The van der Waals surface area contributed by atoms with Crippen LogP contribution in [0.1, 0.15) is 25.0 Å². The van der Waals surface area contributed by atoms with E-state index >= 15 is 0 Å². The standard InChI is InChI=1S/C43H29N3O/c1-43(2)33-20-10-6-16-27(33)31-25-37-32(24-34(31)43)28-17-7-11-21-35(28)46(37)36-22-12-8-18-29(36)41-44-40(26-14-4-3-5-15-26)39-30-19-9-13-23-38(30)47-42(39)45-41/h3-25H,1-2H3. The van der Waals surface area contributed by atoms with Crippen LogP contribution in [0.15, 0.2) is 144 Å². The summed E-state index contributed by atoms with van der Waals surface area (Å²) in [6, 6.07) is 49.3. The van der Waals surface area contributed by atoms with Gasteiger partial charge in [0.2, 0.25) is 5.71 Å². The Morgan fingerprint density at radius 3 is 2.13 bits per heavy atom. The lowest BCUT2D eigenvalue weighted by molar-refractivity contribution is 0.653. The first-order chi connectivity index (χ1) is 23.1. The molecule has 0 amide bonds. The minimum Gasteiger partial charge on any atom is -0.438 e. The molecular formula is C43H29N3O. The second kappa shape index (κ2) is 9.51. The number of benzene rings is 6. The number of hydrogen-bond acceptors (Lipinski definition) is 3. The zero-order valence-corrected chi connectivity index (χ0v) is 26.0. The molecule has 0 N–H and O–H groups in total. The zero-order chi connectivity index (χ0) is 31.3. The number of rotatable bonds is 3. The van der Waals surface area contributed by atoms with Crippen molar-refractivity contribution < 1.29 is 4.42 Å². The number of aromatic nitrogens is 3. The number of furan rings is 1. The van der Waals surface area contributed by atoms with Crippen LogP contribution in [0, 0.1) is 0 Å². The lowest BCUT2D eigenvalue weighted by atomic mass is 9.82. The monoisotopic (exact) mass is 603 g/mol. The van der Waals surface area contributed by atoms with E-state index in [0.717, 1.165) is 49.9 Å². The van der Waals surface area contributed by atoms with E-state index in [9.17, 15) is 0 Å². The van der Waals surface area contributed by atoms with Crippen molar-refractivity contribution in [2.45, 2.75) is 19.3 Å². The molecule has 0 saturated carbocycles. The minimum atomic E-state index is -0.0785. The van der Waals surface area contributed by atoms with Crippen LogP contribution in [0.2, 0.25) is 0 Å². The molecule has 0 atom stereocenters. The second-order valence-electron chi connectivity index (χ2n) is 13.0. The van der Waals surface area contributed by atoms with Gasteiger partial charge in [0.25, 0.3) is 0 Å². The van der Waals surface area contributed by atoms with Gasteiger partial charge in [-0.15, -0.1) is 0 Å². The summed E-state index contributed by atoms with van der Waals surface area (Å²) in [5.74, 6) is 0.629. The average Bonchev–Trinajstić information content (AvgIpc) is 3.73. The highest BCUT2D eigenvalue weighted by Gasteiger charge is 2.36. The molecule has 3 aromatic heterocycles. The van der Waals surface area contributed by atoms with Crippen LogP contribution < -0.4 is 0 Å². The van der Waals surface area contributed by atoms with Gasteiger partial charge in [-0.2, -0.15) is 4.98 Å². The molecule has 4 heteroatoms. The van der Waals surface area contributed by atoms with Crippen LogP contribution in [0.25, 0.3) is 83.3 Å². The van der Waals surface area contributed by atoms with E-state index in [0.29, 0.717) is 11.5 Å². The van der Waals surface area contributed by atoms with Crippen LogP contribution in [0.3, 0.4) is 0 Å². The van der Waals surface area contributed by atoms with Crippen molar-refractivity contribution in [1.29, 1.82) is 0 Å². The summed E-state index contributed by atoms with van der Waals surface area (Å²) < 4.78 is 8.78. The number of nitrogens with zero attached hydrogens (tertiary/aromatic N) is 3. The second-order valence-corrected chi connectivity index (χ2v) is 13.0. The number of fused-ring (bicyclic) bond motifs is 9. The van der Waals surface area contributed by atoms with Gasteiger partial charge in [-0.3, -0.25) is 0 Å². The third-order valence-corrected chi connectivity index (χ3v) is 10.0. The molecule has 1 aliphatic rings. The molecule has 0 fully saturated rings. The van der Waals surface area contributed by atoms with Crippen molar-refractivity contribution in [2.75, 3.05) is 0 Å². The molecule has 0 saturated heterocycles. The smallest absolute Gasteiger partial charge is 0.231 e. The van der Waals surface area contributed by atoms with Gasteiger partial charge in [-0.05, 0) is 58.7 Å². The lowest BCUT2D eigenvalue weighted by Gasteiger charge is -2.21. The normalized spacial score (nSPS) is 13.5. The molecule has 47 heavy (non-hydrogen) atoms. The van der Waals surface area contributed by atoms with Crippen molar-refractivity contribution in [3.05, 3.63) is 151 Å². The quantitative estimate of drug-likeness (QED) is 0.202. The van der Waals surface area contributed by atoms with Crippen LogP contribution in [-0.4, -0.2) is 14.5 Å². The van der Waals surface area contributed by atoms with Crippen LogP contribution in [-0.2, 0) is 5.41 Å². The maximum Gasteiger partial charge on any atom is 0.231 e. The predicted octanol–water partition coefficient (Wildman–Crippen LogP) is 11.1. The molecule has 0 radical (unpaired) electrons. The van der Waals surface area contributed by atoms with E-state index in [1.54, 1.807) is 0 Å². The Kier molecular flexibility index (Phi) is 5.31. The first-order valence-corrected chi connectivity index (χ1v) is 16.1. The summed E-state index contributed by atoms with van der Waals surface area (Å²) in [5, 5.41) is 4.42. The fourth-order valence-corrected chi connectivity index (χ4v) is 7.83. The van der Waals surface area contributed by atoms with Crippen molar-refractivity contribution in [3.8, 4) is 39.5 Å². The van der Waals surface area contributed by atoms with Gasteiger partial charge in [0.05, 0.1) is 27.8 Å². The number of para-hydroxylation sites is 3. The molecule has 0 aliphatic heterocycles. The Morgan fingerprint density at radius 1 is 0.553 bits per heavy atom. The Hall–Kier alpha value is -6.00. The third kappa shape index (κ3) is 3.64. The predicted molar refractivity (Wildman–Crippen MR) is 192 cm³/mol. The van der Waals surface area contributed by atoms with Gasteiger partial charge in [0.15, 0.2) is 5.82 Å². The van der Waals surface area contributed by atoms with E-state index in [1.807, 2.05) is 24.3 Å². The van der Waals surface area contributed by atoms with Gasteiger partial charge < -0.3 is 8.98 Å². The molecule has 4 nitrogen and oxygen atoms in total. The molecule has 222 valence electrons. The first kappa shape index (κ1) is 26.2. The molecule has 6 aromatic carbocycles. The number of hydrogen-bond donors (Lipinski definition) is 0. The summed E-state index contributed by atoms with van der Waals surface area (Å²) in [6.45, 7) is 4.68. The summed E-state index contributed by atoms with van der Waals surface area (Å²) in [6.07, 6.45) is 0. The zero-order valence-electron chi connectivity index (χ0n) is 26.0. The van der Waals surface area contributed by atoms with Gasteiger partial charge in [0, 0.05) is 32.7 Å². The fraction of sp³-hybridized carbons (Fsp3) is 0.0698. The molecule has 0 spiro atoms. The van der Waals surface area contributed by atoms with E-state index in [4.69, 9.17) is 14.4 Å². The summed E-state index contributed by atoms with van der Waals surface area (Å²) >= 11 is 0. The Balaban J connectivity index is 1.28. The Bertz CT molecular complexity index is 2710. The summed E-state index contributed by atoms with van der Waals surface area (Å²) in [7, 11) is 0. The molecule has 9 aromatic rings. The van der Waals surface area contributed by atoms with Gasteiger partial charge >= 0.3 is 0 Å². The minimum absolute atomic E-state index is 0.0785. The van der Waals surface area contributed by atoms with Crippen LogP contribution >= 0.6 is 0 Å².